The number of furan rings is 1. The highest BCUT2D eigenvalue weighted by atomic mass is 35.5. The van der Waals surface area contributed by atoms with Crippen molar-refractivity contribution < 1.29 is 14.3 Å². The second-order valence-electron chi connectivity index (χ2n) is 5.36. The average Bonchev–Trinajstić information content (AvgIpc) is 3.05. The molecule has 1 heterocycles. The van der Waals surface area contributed by atoms with Crippen LogP contribution in [0.25, 0.3) is 0 Å². The summed E-state index contributed by atoms with van der Waals surface area (Å²) in [6, 6.07) is 10.9. The molecule has 0 radical (unpaired) electrons. The molecule has 2 amide bonds. The lowest BCUT2D eigenvalue weighted by Gasteiger charge is -2.22. The smallest absolute Gasteiger partial charge is 0.317 e. The van der Waals surface area contributed by atoms with Crippen molar-refractivity contribution in [1.29, 1.82) is 0 Å². The number of rotatable bonds is 7. The SMILES string of the molecule is C[C@@H](CNC(=O)N(CCO)Cc1ccco1)c1ccc(Cl)cc1. The summed E-state index contributed by atoms with van der Waals surface area (Å²) in [6.45, 7) is 3.02. The van der Waals surface area contributed by atoms with Gasteiger partial charge in [0.2, 0.25) is 0 Å². The molecule has 2 aromatic rings. The molecular formula is C17H21ClN2O3. The largest absolute Gasteiger partial charge is 0.467 e. The minimum absolute atomic E-state index is 0.0964. The van der Waals surface area contributed by atoms with E-state index < -0.39 is 0 Å². The van der Waals surface area contributed by atoms with Gasteiger partial charge in [0.25, 0.3) is 0 Å². The van der Waals surface area contributed by atoms with E-state index >= 15 is 0 Å². The van der Waals surface area contributed by atoms with Gasteiger partial charge in [0.15, 0.2) is 0 Å². The zero-order valence-electron chi connectivity index (χ0n) is 13.0. The first-order valence-corrected chi connectivity index (χ1v) is 7.89. The van der Waals surface area contributed by atoms with Crippen molar-refractivity contribution in [2.45, 2.75) is 19.4 Å². The number of hydrogen-bond acceptors (Lipinski definition) is 3. The molecule has 5 nitrogen and oxygen atoms in total. The van der Waals surface area contributed by atoms with Gasteiger partial charge in [-0.25, -0.2) is 4.79 Å². The van der Waals surface area contributed by atoms with Crippen LogP contribution in [0.5, 0.6) is 0 Å². The van der Waals surface area contributed by atoms with Gasteiger partial charge in [-0.3, -0.25) is 0 Å². The molecule has 0 aliphatic carbocycles. The van der Waals surface area contributed by atoms with Gasteiger partial charge in [0.1, 0.15) is 5.76 Å². The van der Waals surface area contributed by atoms with Crippen molar-refractivity contribution in [3.8, 4) is 0 Å². The number of carbonyl (C=O) groups is 1. The van der Waals surface area contributed by atoms with Crippen molar-refractivity contribution in [3.63, 3.8) is 0 Å². The van der Waals surface area contributed by atoms with Gasteiger partial charge in [-0.05, 0) is 35.7 Å². The first-order chi connectivity index (χ1) is 11.1. The van der Waals surface area contributed by atoms with Crippen LogP contribution in [0.15, 0.2) is 47.1 Å². The zero-order valence-corrected chi connectivity index (χ0v) is 13.8. The Morgan fingerprint density at radius 1 is 1.35 bits per heavy atom. The third kappa shape index (κ3) is 5.30. The lowest BCUT2D eigenvalue weighted by Crippen LogP contribution is -2.42. The molecule has 0 saturated carbocycles. The van der Waals surface area contributed by atoms with Crippen molar-refractivity contribution >= 4 is 17.6 Å². The van der Waals surface area contributed by atoms with Crippen molar-refractivity contribution in [2.75, 3.05) is 19.7 Å². The number of halogens is 1. The summed E-state index contributed by atoms with van der Waals surface area (Å²) >= 11 is 5.88. The highest BCUT2D eigenvalue weighted by Gasteiger charge is 2.16. The summed E-state index contributed by atoms with van der Waals surface area (Å²) in [5.74, 6) is 0.843. The third-order valence-electron chi connectivity index (χ3n) is 3.58. The molecule has 0 saturated heterocycles. The van der Waals surface area contributed by atoms with Gasteiger partial charge >= 0.3 is 6.03 Å². The lowest BCUT2D eigenvalue weighted by molar-refractivity contribution is 0.169. The first kappa shape index (κ1) is 17.4. The summed E-state index contributed by atoms with van der Waals surface area (Å²) in [6.07, 6.45) is 1.56. The van der Waals surface area contributed by atoms with Crippen molar-refractivity contribution in [2.24, 2.45) is 0 Å². The maximum atomic E-state index is 12.3. The summed E-state index contributed by atoms with van der Waals surface area (Å²) in [5, 5.41) is 12.7. The molecule has 2 rings (SSSR count). The Labute approximate surface area is 140 Å². The maximum Gasteiger partial charge on any atom is 0.317 e. The fraction of sp³-hybridized carbons (Fsp3) is 0.353. The monoisotopic (exact) mass is 336 g/mol. The van der Waals surface area contributed by atoms with Crippen LogP contribution < -0.4 is 5.32 Å². The number of aliphatic hydroxyl groups excluding tert-OH is 1. The van der Waals surface area contributed by atoms with E-state index in [1.54, 1.807) is 18.4 Å². The maximum absolute atomic E-state index is 12.3. The number of nitrogens with one attached hydrogen (secondary N) is 1. The predicted octanol–water partition coefficient (Wildman–Crippen LogP) is 3.24. The Balaban J connectivity index is 1.89. The minimum atomic E-state index is -0.226. The number of amides is 2. The fourth-order valence-electron chi connectivity index (χ4n) is 2.23. The van der Waals surface area contributed by atoms with Gasteiger partial charge < -0.3 is 19.7 Å². The molecular weight excluding hydrogens is 316 g/mol. The summed E-state index contributed by atoms with van der Waals surface area (Å²) in [4.78, 5) is 13.8. The van der Waals surface area contributed by atoms with E-state index in [2.05, 4.69) is 5.32 Å². The Hall–Kier alpha value is -1.98. The molecule has 0 unspecified atom stereocenters. The van der Waals surface area contributed by atoms with E-state index in [9.17, 15) is 4.79 Å². The number of carbonyl (C=O) groups excluding carboxylic acids is 1. The third-order valence-corrected chi connectivity index (χ3v) is 3.83. The number of aliphatic hydroxyl groups is 1. The first-order valence-electron chi connectivity index (χ1n) is 7.51. The van der Waals surface area contributed by atoms with E-state index in [-0.39, 0.29) is 25.1 Å². The zero-order chi connectivity index (χ0) is 16.7. The Kier molecular flexibility index (Phi) is 6.50. The molecule has 6 heteroatoms. The highest BCUT2D eigenvalue weighted by Crippen LogP contribution is 2.17. The molecule has 23 heavy (non-hydrogen) atoms. The predicted molar refractivity (Wildman–Crippen MR) is 89.5 cm³/mol. The molecule has 0 aliphatic rings. The van der Waals surface area contributed by atoms with Crippen LogP contribution >= 0.6 is 11.6 Å². The molecule has 0 spiro atoms. The molecule has 0 fully saturated rings. The molecule has 1 aromatic heterocycles. The molecule has 0 bridgehead atoms. The van der Waals surface area contributed by atoms with Crippen LogP contribution in [-0.4, -0.2) is 35.7 Å². The molecule has 124 valence electrons. The minimum Gasteiger partial charge on any atom is -0.467 e. The molecule has 2 N–H and O–H groups in total. The number of hydrogen-bond donors (Lipinski definition) is 2. The summed E-state index contributed by atoms with van der Waals surface area (Å²) < 4.78 is 5.25. The van der Waals surface area contributed by atoms with Crippen LogP contribution in [0.2, 0.25) is 5.02 Å². The fourth-order valence-corrected chi connectivity index (χ4v) is 2.35. The van der Waals surface area contributed by atoms with E-state index in [0.29, 0.717) is 23.9 Å². The molecule has 1 atom stereocenters. The van der Waals surface area contributed by atoms with Crippen LogP contribution in [-0.2, 0) is 6.54 Å². The van der Waals surface area contributed by atoms with Crippen LogP contribution in [0, 0.1) is 0 Å². The van der Waals surface area contributed by atoms with Gasteiger partial charge in [0, 0.05) is 18.1 Å². The van der Waals surface area contributed by atoms with Crippen LogP contribution in [0.4, 0.5) is 4.79 Å². The van der Waals surface area contributed by atoms with Gasteiger partial charge in [-0.1, -0.05) is 30.7 Å². The topological polar surface area (TPSA) is 65.7 Å². The van der Waals surface area contributed by atoms with Crippen LogP contribution in [0.1, 0.15) is 24.2 Å². The van der Waals surface area contributed by atoms with Gasteiger partial charge in [-0.2, -0.15) is 0 Å². The van der Waals surface area contributed by atoms with Crippen LogP contribution in [0.3, 0.4) is 0 Å². The second-order valence-corrected chi connectivity index (χ2v) is 5.80. The lowest BCUT2D eigenvalue weighted by atomic mass is 10.0. The normalized spacial score (nSPS) is 12.0. The van der Waals surface area contributed by atoms with Crippen molar-refractivity contribution in [1.82, 2.24) is 10.2 Å². The molecule has 1 aromatic carbocycles. The van der Waals surface area contributed by atoms with E-state index in [4.69, 9.17) is 21.1 Å². The Morgan fingerprint density at radius 2 is 2.09 bits per heavy atom. The van der Waals surface area contributed by atoms with Gasteiger partial charge in [0.05, 0.1) is 19.4 Å². The second kappa shape index (κ2) is 8.60. The summed E-state index contributed by atoms with van der Waals surface area (Å²) in [5.41, 5.74) is 1.11. The number of urea groups is 1. The van der Waals surface area contributed by atoms with Crippen molar-refractivity contribution in [3.05, 3.63) is 59.0 Å². The summed E-state index contributed by atoms with van der Waals surface area (Å²) in [7, 11) is 0. The average molecular weight is 337 g/mol. The van der Waals surface area contributed by atoms with E-state index in [1.165, 1.54) is 4.90 Å². The number of nitrogens with zero attached hydrogens (tertiary/aromatic N) is 1. The standard InChI is InChI=1S/C17H21ClN2O3/c1-13(14-4-6-15(18)7-5-14)11-19-17(22)20(8-9-21)12-16-3-2-10-23-16/h2-7,10,13,21H,8-9,11-12H2,1H3,(H,19,22)/t13-/m0/s1. The quantitative estimate of drug-likeness (QED) is 0.815. The van der Waals surface area contributed by atoms with E-state index in [0.717, 1.165) is 5.56 Å². The Bertz CT molecular complexity index is 599. The molecule has 0 aliphatic heterocycles. The van der Waals surface area contributed by atoms with E-state index in [1.807, 2.05) is 31.2 Å². The number of benzene rings is 1. The van der Waals surface area contributed by atoms with Gasteiger partial charge in [-0.15, -0.1) is 0 Å². The highest BCUT2D eigenvalue weighted by molar-refractivity contribution is 6.30. The Morgan fingerprint density at radius 3 is 2.70 bits per heavy atom.